The van der Waals surface area contributed by atoms with E-state index < -0.39 is 5.92 Å². The lowest BCUT2D eigenvalue weighted by Crippen LogP contribution is -2.40. The molecule has 2 N–H and O–H groups in total. The van der Waals surface area contributed by atoms with Gasteiger partial charge in [0, 0.05) is 19.0 Å². The molecule has 1 aliphatic heterocycles. The van der Waals surface area contributed by atoms with E-state index in [9.17, 15) is 14.4 Å². The number of ether oxygens (including phenoxy) is 1. The maximum atomic E-state index is 12.4. The molecule has 1 aromatic rings. The van der Waals surface area contributed by atoms with Gasteiger partial charge in [0.05, 0.1) is 25.3 Å². The largest absolute Gasteiger partial charge is 0.495 e. The van der Waals surface area contributed by atoms with E-state index >= 15 is 0 Å². The van der Waals surface area contributed by atoms with Crippen molar-refractivity contribution in [2.75, 3.05) is 25.1 Å². The fourth-order valence-corrected chi connectivity index (χ4v) is 2.95. The molecule has 1 unspecified atom stereocenters. The summed E-state index contributed by atoms with van der Waals surface area (Å²) in [5.74, 6) is -0.437. The third-order valence-corrected chi connectivity index (χ3v) is 4.49. The van der Waals surface area contributed by atoms with Gasteiger partial charge in [-0.2, -0.15) is 0 Å². The molecule has 2 fully saturated rings. The number of nitrogens with one attached hydrogen (secondary N) is 2. The molecule has 1 heterocycles. The van der Waals surface area contributed by atoms with Gasteiger partial charge in [-0.25, -0.2) is 0 Å². The van der Waals surface area contributed by atoms with E-state index in [2.05, 4.69) is 10.6 Å². The van der Waals surface area contributed by atoms with Gasteiger partial charge >= 0.3 is 0 Å². The predicted octanol–water partition coefficient (Wildman–Crippen LogP) is 0.751. The topological polar surface area (TPSA) is 87.7 Å². The summed E-state index contributed by atoms with van der Waals surface area (Å²) >= 11 is 0. The number of carbonyl (C=O) groups excluding carboxylic acids is 3. The Kier molecular flexibility index (Phi) is 4.92. The van der Waals surface area contributed by atoms with Crippen molar-refractivity contribution < 1.29 is 19.1 Å². The van der Waals surface area contributed by atoms with Crippen LogP contribution in [0.4, 0.5) is 5.69 Å². The molecule has 0 radical (unpaired) electrons. The molecule has 3 amide bonds. The molecular formula is C18H23N3O4. The third kappa shape index (κ3) is 4.10. The van der Waals surface area contributed by atoms with Crippen molar-refractivity contribution in [3.05, 3.63) is 23.8 Å². The number of carbonyl (C=O) groups is 3. The Balaban J connectivity index is 1.60. The van der Waals surface area contributed by atoms with E-state index in [1.54, 1.807) is 12.0 Å². The molecule has 3 rings (SSSR count). The second-order valence-corrected chi connectivity index (χ2v) is 6.64. The van der Waals surface area contributed by atoms with E-state index in [0.717, 1.165) is 18.4 Å². The highest BCUT2D eigenvalue weighted by molar-refractivity contribution is 6.01. The number of amides is 3. The minimum Gasteiger partial charge on any atom is -0.495 e. The minimum absolute atomic E-state index is 0.0478. The van der Waals surface area contributed by atoms with Crippen LogP contribution in [0.15, 0.2) is 18.2 Å². The fourth-order valence-electron chi connectivity index (χ4n) is 2.95. The summed E-state index contributed by atoms with van der Waals surface area (Å²) in [5, 5.41) is 5.45. The van der Waals surface area contributed by atoms with Gasteiger partial charge in [0.2, 0.25) is 17.7 Å². The van der Waals surface area contributed by atoms with E-state index in [4.69, 9.17) is 4.74 Å². The van der Waals surface area contributed by atoms with Gasteiger partial charge in [-0.1, -0.05) is 6.07 Å². The highest BCUT2D eigenvalue weighted by atomic mass is 16.5. The third-order valence-electron chi connectivity index (χ3n) is 4.49. The molecule has 2 aliphatic rings. The first-order valence-electron chi connectivity index (χ1n) is 8.50. The van der Waals surface area contributed by atoms with Crippen molar-refractivity contribution in [3.63, 3.8) is 0 Å². The summed E-state index contributed by atoms with van der Waals surface area (Å²) in [7, 11) is 1.55. The summed E-state index contributed by atoms with van der Waals surface area (Å²) < 4.78 is 5.33. The lowest BCUT2D eigenvalue weighted by Gasteiger charge is -2.20. The Labute approximate surface area is 146 Å². The first-order chi connectivity index (χ1) is 12.0. The van der Waals surface area contributed by atoms with E-state index in [1.165, 1.54) is 0 Å². The molecule has 1 atom stereocenters. The van der Waals surface area contributed by atoms with Crippen molar-refractivity contribution in [1.82, 2.24) is 10.6 Å². The van der Waals surface area contributed by atoms with Crippen molar-refractivity contribution >= 4 is 23.4 Å². The average molecular weight is 345 g/mol. The predicted molar refractivity (Wildman–Crippen MR) is 92.4 cm³/mol. The van der Waals surface area contributed by atoms with E-state index in [0.29, 0.717) is 11.4 Å². The summed E-state index contributed by atoms with van der Waals surface area (Å²) in [5.41, 5.74) is 1.68. The van der Waals surface area contributed by atoms with E-state index in [1.807, 2.05) is 25.1 Å². The van der Waals surface area contributed by atoms with Gasteiger partial charge in [-0.3, -0.25) is 14.4 Å². The number of rotatable bonds is 6. The number of methoxy groups -OCH3 is 1. The zero-order valence-electron chi connectivity index (χ0n) is 14.5. The zero-order valence-corrected chi connectivity index (χ0v) is 14.5. The molecule has 1 aromatic carbocycles. The van der Waals surface area contributed by atoms with Gasteiger partial charge < -0.3 is 20.3 Å². The molecular weight excluding hydrogens is 322 g/mol. The first-order valence-corrected chi connectivity index (χ1v) is 8.50. The van der Waals surface area contributed by atoms with Crippen molar-refractivity contribution in [2.24, 2.45) is 5.92 Å². The molecule has 7 nitrogen and oxygen atoms in total. The van der Waals surface area contributed by atoms with Gasteiger partial charge in [0.15, 0.2) is 0 Å². The second-order valence-electron chi connectivity index (χ2n) is 6.64. The quantitative estimate of drug-likeness (QED) is 0.796. The Morgan fingerprint density at radius 1 is 1.32 bits per heavy atom. The lowest BCUT2D eigenvalue weighted by molar-refractivity contribution is -0.129. The summed E-state index contributed by atoms with van der Waals surface area (Å²) in [4.78, 5) is 37.9. The Hall–Kier alpha value is -2.57. The van der Waals surface area contributed by atoms with Gasteiger partial charge in [-0.05, 0) is 37.5 Å². The Morgan fingerprint density at radius 2 is 2.08 bits per heavy atom. The number of nitrogens with zero attached hydrogens (tertiary/aromatic N) is 1. The van der Waals surface area contributed by atoms with Gasteiger partial charge in [-0.15, -0.1) is 0 Å². The van der Waals surface area contributed by atoms with Crippen LogP contribution in [0.1, 0.15) is 24.8 Å². The normalized spacial score (nSPS) is 19.7. The molecule has 0 aromatic heterocycles. The zero-order chi connectivity index (χ0) is 18.0. The number of benzene rings is 1. The number of hydrogen-bond donors (Lipinski definition) is 2. The van der Waals surface area contributed by atoms with Crippen LogP contribution in [0, 0.1) is 12.8 Å². The number of anilines is 1. The van der Waals surface area contributed by atoms with Crippen LogP contribution in [0.3, 0.4) is 0 Å². The average Bonchev–Trinajstić information content (AvgIpc) is 3.31. The van der Waals surface area contributed by atoms with Crippen LogP contribution in [-0.2, 0) is 14.4 Å². The van der Waals surface area contributed by atoms with Crippen molar-refractivity contribution in [1.29, 1.82) is 0 Å². The fraction of sp³-hybridized carbons (Fsp3) is 0.500. The monoisotopic (exact) mass is 345 g/mol. The van der Waals surface area contributed by atoms with E-state index in [-0.39, 0.29) is 43.3 Å². The maximum absolute atomic E-state index is 12.4. The molecule has 1 saturated heterocycles. The van der Waals surface area contributed by atoms with Crippen LogP contribution >= 0.6 is 0 Å². The SMILES string of the molecule is COc1ccc(C)cc1N1CC(C(=O)NCC(=O)NC2CC2)CC1=O. The number of aryl methyl sites for hydroxylation is 1. The molecule has 1 saturated carbocycles. The standard InChI is InChI=1S/C18H23N3O4/c1-11-3-6-15(25-2)14(7-11)21-10-12(8-17(21)23)18(24)19-9-16(22)20-13-4-5-13/h3,6-7,12-13H,4-5,8-10H2,1-2H3,(H,19,24)(H,20,22). The summed E-state index contributed by atoms with van der Waals surface area (Å²) in [6.07, 6.45) is 2.14. The maximum Gasteiger partial charge on any atom is 0.239 e. The molecule has 134 valence electrons. The highest BCUT2D eigenvalue weighted by Crippen LogP contribution is 2.33. The smallest absolute Gasteiger partial charge is 0.239 e. The molecule has 25 heavy (non-hydrogen) atoms. The molecule has 7 heteroatoms. The van der Waals surface area contributed by atoms with Crippen LogP contribution in [0.5, 0.6) is 5.75 Å². The van der Waals surface area contributed by atoms with Crippen molar-refractivity contribution in [3.8, 4) is 5.75 Å². The molecule has 0 bridgehead atoms. The van der Waals surface area contributed by atoms with Gasteiger partial charge in [0.25, 0.3) is 0 Å². The van der Waals surface area contributed by atoms with Crippen molar-refractivity contribution in [2.45, 2.75) is 32.2 Å². The lowest BCUT2D eigenvalue weighted by atomic mass is 10.1. The summed E-state index contributed by atoms with van der Waals surface area (Å²) in [6, 6.07) is 5.86. The second kappa shape index (κ2) is 7.13. The highest BCUT2D eigenvalue weighted by Gasteiger charge is 2.36. The summed E-state index contributed by atoms with van der Waals surface area (Å²) in [6.45, 7) is 2.18. The first kappa shape index (κ1) is 17.3. The molecule has 0 spiro atoms. The van der Waals surface area contributed by atoms with Crippen LogP contribution < -0.4 is 20.3 Å². The van der Waals surface area contributed by atoms with Crippen LogP contribution in [0.25, 0.3) is 0 Å². The number of hydrogen-bond acceptors (Lipinski definition) is 4. The molecule has 1 aliphatic carbocycles. The minimum atomic E-state index is -0.466. The van der Waals surface area contributed by atoms with Crippen LogP contribution in [-0.4, -0.2) is 44.0 Å². The van der Waals surface area contributed by atoms with Crippen LogP contribution in [0.2, 0.25) is 0 Å². The van der Waals surface area contributed by atoms with Gasteiger partial charge in [0.1, 0.15) is 5.75 Å². The Bertz CT molecular complexity index is 700. The Morgan fingerprint density at radius 3 is 2.76 bits per heavy atom.